The quantitative estimate of drug-likeness (QED) is 0.0568. The largest absolute Gasteiger partial charge is 0.480 e. The van der Waals surface area contributed by atoms with E-state index in [2.05, 4.69) is 16.0 Å². The average molecular weight is 1030 g/mol. The van der Waals surface area contributed by atoms with Crippen molar-refractivity contribution >= 4 is 53.0 Å². The number of imide groups is 1. The Hall–Kier alpha value is -5.98. The topological polar surface area (TPSA) is 224 Å². The van der Waals surface area contributed by atoms with E-state index in [1.54, 1.807) is 42.0 Å². The fourth-order valence-electron chi connectivity index (χ4n) is 10.4. The summed E-state index contributed by atoms with van der Waals surface area (Å²) < 4.78 is 12.0. The van der Waals surface area contributed by atoms with Crippen molar-refractivity contribution < 1.29 is 52.9 Å². The maximum absolute atomic E-state index is 14.7. The van der Waals surface area contributed by atoms with Crippen LogP contribution in [0.5, 0.6) is 0 Å². The summed E-state index contributed by atoms with van der Waals surface area (Å²) in [7, 11) is 6.55. The molecule has 2 aromatic rings. The Labute approximate surface area is 438 Å². The Bertz CT molecular complexity index is 2240. The second-order valence-corrected chi connectivity index (χ2v) is 20.7. The lowest BCUT2D eigenvalue weighted by Gasteiger charge is -2.41. The number of rotatable bonds is 30. The molecule has 1 saturated heterocycles. The molecule has 2 heterocycles. The van der Waals surface area contributed by atoms with Crippen molar-refractivity contribution in [2.75, 3.05) is 46.7 Å². The van der Waals surface area contributed by atoms with Crippen molar-refractivity contribution in [2.24, 2.45) is 23.7 Å². The summed E-state index contributed by atoms with van der Waals surface area (Å²) in [5.74, 6) is -4.66. The Kier molecular flexibility index (Phi) is 23.9. The standard InChI is InChI=1S/C56H83N7O11/c1-12-37(6)51(44(73-10)33-48(67)62-30-20-25-43(62)52(74-11)38(7)53(68)58-42(56(71)72)32-39-21-15-13-16-22-39)61(9)55(70)49(35(2)3)59-54(69)50(36(4)5)60(8)34-40-23-19-24-41(31-40)57-45(64)26-17-14-18-29-63-46(65)27-28-47(63)66/h13,15-16,19,21-24,27-28,31,35-38,42-44,49-52H,12,14,17-18,20,25-26,29-30,32-34H2,1-11H3,(H,57,64)(H,58,68)(H,59,69)(H,71,72)/t37-,38+,42-,43-,44+,49-,50-,51-,52+/m0/s1. The fraction of sp³-hybridized carbons (Fsp3) is 0.607. The number of likely N-dealkylation sites (N-methyl/N-ethyl adjacent to an activating group) is 2. The molecular formula is C56H83N7O11. The minimum Gasteiger partial charge on any atom is -0.480 e. The van der Waals surface area contributed by atoms with E-state index < -0.39 is 60.2 Å². The van der Waals surface area contributed by atoms with Crippen molar-refractivity contribution in [3.8, 4) is 0 Å². The third-order valence-corrected chi connectivity index (χ3v) is 14.6. The molecule has 2 aromatic carbocycles. The number of methoxy groups -OCH3 is 2. The van der Waals surface area contributed by atoms with Gasteiger partial charge in [0.05, 0.1) is 42.7 Å². The number of hydrogen-bond acceptors (Lipinski definition) is 11. The molecule has 4 rings (SSSR count). The summed E-state index contributed by atoms with van der Waals surface area (Å²) in [6.45, 7) is 14.5. The van der Waals surface area contributed by atoms with Crippen LogP contribution >= 0.6 is 0 Å². The molecule has 74 heavy (non-hydrogen) atoms. The molecule has 0 spiro atoms. The highest BCUT2D eigenvalue weighted by atomic mass is 16.5. The summed E-state index contributed by atoms with van der Waals surface area (Å²) in [5.41, 5.74) is 2.25. The monoisotopic (exact) mass is 1030 g/mol. The van der Waals surface area contributed by atoms with Crippen molar-refractivity contribution in [3.63, 3.8) is 0 Å². The highest BCUT2D eigenvalue weighted by Gasteiger charge is 2.44. The molecule has 0 aromatic heterocycles. The molecule has 0 saturated carbocycles. The zero-order valence-corrected chi connectivity index (χ0v) is 45.5. The molecule has 2 aliphatic rings. The predicted octanol–water partition coefficient (Wildman–Crippen LogP) is 5.44. The van der Waals surface area contributed by atoms with Crippen molar-refractivity contribution in [3.05, 3.63) is 77.9 Å². The first kappa shape index (κ1) is 60.6. The molecule has 9 atom stereocenters. The second kappa shape index (κ2) is 29.2. The minimum absolute atomic E-state index is 0.0655. The number of likely N-dealkylation sites (tertiary alicyclic amines) is 1. The smallest absolute Gasteiger partial charge is 0.326 e. The van der Waals surface area contributed by atoms with Crippen LogP contribution in [-0.2, 0) is 60.8 Å². The van der Waals surface area contributed by atoms with Gasteiger partial charge >= 0.3 is 5.97 Å². The maximum Gasteiger partial charge on any atom is 0.326 e. The summed E-state index contributed by atoms with van der Waals surface area (Å²) >= 11 is 0. The lowest BCUT2D eigenvalue weighted by Crippen LogP contribution is -2.60. The maximum atomic E-state index is 14.7. The highest BCUT2D eigenvalue weighted by Crippen LogP contribution is 2.30. The van der Waals surface area contributed by atoms with Gasteiger partial charge in [-0.1, -0.05) is 104 Å². The van der Waals surface area contributed by atoms with Crippen LogP contribution in [0.15, 0.2) is 66.7 Å². The molecule has 4 N–H and O–H groups in total. The lowest BCUT2D eigenvalue weighted by molar-refractivity contribution is -0.148. The van der Waals surface area contributed by atoms with Gasteiger partial charge < -0.3 is 40.3 Å². The van der Waals surface area contributed by atoms with Crippen LogP contribution in [0.1, 0.15) is 111 Å². The molecule has 1 fully saturated rings. The Morgan fingerprint density at radius 3 is 2.07 bits per heavy atom. The number of nitrogens with zero attached hydrogens (tertiary/aromatic N) is 4. The molecule has 0 bridgehead atoms. The third kappa shape index (κ3) is 16.8. The number of carboxylic acid groups (broad SMARTS) is 1. The number of nitrogens with one attached hydrogen (secondary N) is 3. The van der Waals surface area contributed by atoms with Gasteiger partial charge in [-0.25, -0.2) is 4.79 Å². The molecule has 18 heteroatoms. The summed E-state index contributed by atoms with van der Waals surface area (Å²) in [6.07, 6.45) is 5.17. The normalized spacial score (nSPS) is 17.9. The number of hydrogen-bond donors (Lipinski definition) is 4. The van der Waals surface area contributed by atoms with E-state index in [9.17, 15) is 43.5 Å². The van der Waals surface area contributed by atoms with E-state index in [0.717, 1.165) is 11.1 Å². The molecule has 2 aliphatic heterocycles. The number of carboxylic acids is 1. The van der Waals surface area contributed by atoms with Crippen molar-refractivity contribution in [1.29, 1.82) is 0 Å². The number of amides is 7. The van der Waals surface area contributed by atoms with Crippen molar-refractivity contribution in [1.82, 2.24) is 30.2 Å². The van der Waals surface area contributed by atoms with E-state index >= 15 is 0 Å². The first-order chi connectivity index (χ1) is 35.1. The molecule has 408 valence electrons. The zero-order chi connectivity index (χ0) is 54.8. The number of ether oxygens (including phenoxy) is 2. The van der Waals surface area contributed by atoms with E-state index in [0.29, 0.717) is 63.8 Å². The average Bonchev–Trinajstić information content (AvgIpc) is 3.97. The van der Waals surface area contributed by atoms with Gasteiger partial charge in [-0.15, -0.1) is 0 Å². The van der Waals surface area contributed by atoms with Crippen LogP contribution in [0.2, 0.25) is 0 Å². The van der Waals surface area contributed by atoms with Crippen LogP contribution in [0, 0.1) is 23.7 Å². The first-order valence-corrected chi connectivity index (χ1v) is 26.2. The highest BCUT2D eigenvalue weighted by molar-refractivity contribution is 6.12. The molecule has 0 unspecified atom stereocenters. The molecule has 0 aliphatic carbocycles. The predicted molar refractivity (Wildman–Crippen MR) is 282 cm³/mol. The SMILES string of the molecule is CC[C@H](C)[C@@H]([C@@H](CC(=O)N1CCC[C@H]1[C@H](OC)[C@@H](C)C(=O)N[C@@H](Cc1ccccc1)C(=O)O)OC)N(C)C(=O)[C@@H](NC(=O)[C@H](C(C)C)N(C)Cc1cccc(NC(=O)CCCCCN2C(=O)C=CC2=O)c1)C(C)C. The number of benzene rings is 2. The van der Waals surface area contributed by atoms with Gasteiger partial charge in [0.2, 0.25) is 29.5 Å². The van der Waals surface area contributed by atoms with Gasteiger partial charge in [0.25, 0.3) is 11.8 Å². The Morgan fingerprint density at radius 2 is 1.47 bits per heavy atom. The van der Waals surface area contributed by atoms with E-state index in [-0.39, 0.29) is 72.5 Å². The zero-order valence-electron chi connectivity index (χ0n) is 45.5. The number of unbranched alkanes of at least 4 members (excludes halogenated alkanes) is 2. The number of aliphatic carboxylic acids is 1. The van der Waals surface area contributed by atoms with Crippen LogP contribution in [0.3, 0.4) is 0 Å². The summed E-state index contributed by atoms with van der Waals surface area (Å²) in [6, 6.07) is 12.8. The van der Waals surface area contributed by atoms with Gasteiger partial charge in [0.15, 0.2) is 0 Å². The van der Waals surface area contributed by atoms with Crippen molar-refractivity contribution in [2.45, 2.75) is 155 Å². The Balaban J connectivity index is 1.40. The molecule has 7 amide bonds. The van der Waals surface area contributed by atoms with Crippen LogP contribution in [0.25, 0.3) is 0 Å². The van der Waals surface area contributed by atoms with Gasteiger partial charge in [0, 0.05) is 71.6 Å². The summed E-state index contributed by atoms with van der Waals surface area (Å²) in [5, 5.41) is 18.7. The van der Waals surface area contributed by atoms with Crippen LogP contribution in [0.4, 0.5) is 5.69 Å². The van der Waals surface area contributed by atoms with Gasteiger partial charge in [-0.3, -0.25) is 43.4 Å². The van der Waals surface area contributed by atoms with Crippen LogP contribution in [-0.4, -0.2) is 156 Å². The van der Waals surface area contributed by atoms with Gasteiger partial charge in [0.1, 0.15) is 12.1 Å². The van der Waals surface area contributed by atoms with Crippen LogP contribution < -0.4 is 16.0 Å². The lowest BCUT2D eigenvalue weighted by atomic mass is 9.89. The first-order valence-electron chi connectivity index (χ1n) is 26.2. The third-order valence-electron chi connectivity index (χ3n) is 14.6. The van der Waals surface area contributed by atoms with Gasteiger partial charge in [-0.2, -0.15) is 0 Å². The van der Waals surface area contributed by atoms with Gasteiger partial charge in [-0.05, 0) is 73.7 Å². The van der Waals surface area contributed by atoms with E-state index in [1.807, 2.05) is 89.9 Å². The number of carbonyl (C=O) groups excluding carboxylic acids is 7. The minimum atomic E-state index is -1.16. The molecular weight excluding hydrogens is 947 g/mol. The Morgan fingerprint density at radius 1 is 0.811 bits per heavy atom. The number of carbonyl (C=O) groups is 8. The summed E-state index contributed by atoms with van der Waals surface area (Å²) in [4.78, 5) is 112. The van der Waals surface area contributed by atoms with E-state index in [1.165, 1.54) is 31.3 Å². The second-order valence-electron chi connectivity index (χ2n) is 20.7. The molecule has 18 nitrogen and oxygen atoms in total. The number of anilines is 1. The van der Waals surface area contributed by atoms with E-state index in [4.69, 9.17) is 9.47 Å². The molecule has 0 radical (unpaired) electrons. The fourth-order valence-corrected chi connectivity index (χ4v) is 10.4.